The number of primary amides is 1. The molecule has 7 nitrogen and oxygen atoms in total. The van der Waals surface area contributed by atoms with E-state index in [0.717, 1.165) is 0 Å². The van der Waals surface area contributed by atoms with E-state index in [-0.39, 0.29) is 17.5 Å². The van der Waals surface area contributed by atoms with E-state index in [1.807, 2.05) is 0 Å². The van der Waals surface area contributed by atoms with Crippen LogP contribution >= 0.6 is 11.6 Å². The van der Waals surface area contributed by atoms with Gasteiger partial charge in [-0.25, -0.2) is 0 Å². The summed E-state index contributed by atoms with van der Waals surface area (Å²) in [4.78, 5) is 22.0. The molecule has 8 heteroatoms. The maximum atomic E-state index is 11.6. The number of nitrogens with two attached hydrogens (primary N) is 1. The van der Waals surface area contributed by atoms with Gasteiger partial charge in [0.15, 0.2) is 5.75 Å². The molecule has 21 heavy (non-hydrogen) atoms. The molecule has 2 atom stereocenters. The van der Waals surface area contributed by atoms with Crippen LogP contribution in [0, 0.1) is 10.1 Å². The first-order valence-corrected chi connectivity index (χ1v) is 6.85. The summed E-state index contributed by atoms with van der Waals surface area (Å²) in [5.74, 6) is -0.342. The van der Waals surface area contributed by atoms with Gasteiger partial charge in [0.25, 0.3) is 0 Å². The summed E-state index contributed by atoms with van der Waals surface area (Å²) in [5, 5.41) is 14.3. The molecule has 0 aliphatic heterocycles. The molecule has 2 unspecified atom stereocenters. The highest BCUT2D eigenvalue weighted by Crippen LogP contribution is 2.36. The molecular weight excluding hydrogens is 298 g/mol. The second kappa shape index (κ2) is 5.87. The number of likely N-dealkylation sites (N-methyl/N-ethyl adjacent to an activating group) is 1. The van der Waals surface area contributed by atoms with Gasteiger partial charge in [0.2, 0.25) is 5.91 Å². The maximum absolute atomic E-state index is 11.6. The predicted molar refractivity (Wildman–Crippen MR) is 77.4 cm³/mol. The lowest BCUT2D eigenvalue weighted by Crippen LogP contribution is -2.52. The lowest BCUT2D eigenvalue weighted by molar-refractivity contribution is -0.386. The van der Waals surface area contributed by atoms with Crippen LogP contribution in [0.5, 0.6) is 5.75 Å². The molecule has 0 heterocycles. The van der Waals surface area contributed by atoms with Crippen molar-refractivity contribution in [2.75, 3.05) is 7.05 Å². The number of nitro benzene ring substituents is 1. The molecule has 0 aromatic heterocycles. The summed E-state index contributed by atoms with van der Waals surface area (Å²) in [5.41, 5.74) is 4.44. The van der Waals surface area contributed by atoms with Gasteiger partial charge in [-0.1, -0.05) is 11.6 Å². The van der Waals surface area contributed by atoms with E-state index in [9.17, 15) is 14.9 Å². The number of benzene rings is 1. The molecule has 114 valence electrons. The van der Waals surface area contributed by atoms with Crippen molar-refractivity contribution in [3.8, 4) is 5.75 Å². The Kier molecular flexibility index (Phi) is 4.34. The molecule has 0 bridgehead atoms. The van der Waals surface area contributed by atoms with E-state index < -0.39 is 16.4 Å². The molecule has 0 spiro atoms. The predicted octanol–water partition coefficient (Wildman–Crippen LogP) is 1.62. The van der Waals surface area contributed by atoms with Gasteiger partial charge in [-0.3, -0.25) is 14.9 Å². The Morgan fingerprint density at radius 1 is 1.62 bits per heavy atom. The smallest absolute Gasteiger partial charge is 0.311 e. The van der Waals surface area contributed by atoms with Crippen molar-refractivity contribution in [2.24, 2.45) is 5.73 Å². The van der Waals surface area contributed by atoms with Crippen molar-refractivity contribution in [2.45, 2.75) is 30.9 Å². The Hall–Kier alpha value is -1.86. The minimum Gasteiger partial charge on any atom is -0.483 e. The van der Waals surface area contributed by atoms with Crippen molar-refractivity contribution in [3.63, 3.8) is 0 Å². The van der Waals surface area contributed by atoms with Crippen LogP contribution < -0.4 is 15.8 Å². The molecule has 1 saturated carbocycles. The third-order valence-electron chi connectivity index (χ3n) is 3.83. The number of amides is 1. The first-order chi connectivity index (χ1) is 9.88. The molecule has 1 aliphatic carbocycles. The summed E-state index contributed by atoms with van der Waals surface area (Å²) in [6, 6.07) is 4.14. The number of hydrogen-bond donors (Lipinski definition) is 2. The summed E-state index contributed by atoms with van der Waals surface area (Å²) >= 11 is 5.85. The number of ether oxygens (including phenoxy) is 1. The average molecular weight is 314 g/mol. The Morgan fingerprint density at radius 3 is 2.86 bits per heavy atom. The van der Waals surface area contributed by atoms with Crippen LogP contribution in [0.3, 0.4) is 0 Å². The van der Waals surface area contributed by atoms with Crippen molar-refractivity contribution < 1.29 is 14.5 Å². The fraction of sp³-hybridized carbons (Fsp3) is 0.462. The van der Waals surface area contributed by atoms with E-state index in [0.29, 0.717) is 24.3 Å². The number of rotatable bonds is 5. The maximum Gasteiger partial charge on any atom is 0.311 e. The molecule has 0 saturated heterocycles. The third-order valence-corrected chi connectivity index (χ3v) is 4.07. The lowest BCUT2D eigenvalue weighted by Gasteiger charge is -2.24. The zero-order chi connectivity index (χ0) is 15.6. The molecule has 2 rings (SSSR count). The number of nitrogens with zero attached hydrogens (tertiary/aromatic N) is 1. The standard InChI is InChI=1S/C13H16ClN3O4/c1-16-13(12(15)18)5-4-9(7-13)21-11-6-8(14)2-3-10(11)17(19)20/h2-3,6,9,16H,4-5,7H2,1H3,(H2,15,18). The summed E-state index contributed by atoms with van der Waals surface area (Å²) in [6.45, 7) is 0. The van der Waals surface area contributed by atoms with Gasteiger partial charge >= 0.3 is 5.69 Å². The van der Waals surface area contributed by atoms with Gasteiger partial charge in [0.05, 0.1) is 4.92 Å². The van der Waals surface area contributed by atoms with Gasteiger partial charge in [0.1, 0.15) is 11.6 Å². The highest BCUT2D eigenvalue weighted by molar-refractivity contribution is 6.30. The van der Waals surface area contributed by atoms with E-state index in [2.05, 4.69) is 5.32 Å². The second-order valence-electron chi connectivity index (χ2n) is 5.05. The Morgan fingerprint density at radius 2 is 2.33 bits per heavy atom. The molecule has 1 aromatic rings. The minimum absolute atomic E-state index is 0.105. The number of carbonyl (C=O) groups is 1. The number of halogens is 1. The van der Waals surface area contributed by atoms with E-state index in [4.69, 9.17) is 22.1 Å². The highest BCUT2D eigenvalue weighted by atomic mass is 35.5. The fourth-order valence-corrected chi connectivity index (χ4v) is 2.75. The first-order valence-electron chi connectivity index (χ1n) is 6.47. The molecule has 1 fully saturated rings. The second-order valence-corrected chi connectivity index (χ2v) is 5.48. The largest absolute Gasteiger partial charge is 0.483 e. The summed E-state index contributed by atoms with van der Waals surface area (Å²) < 4.78 is 5.68. The van der Waals surface area contributed by atoms with Crippen LogP contribution in [0.2, 0.25) is 5.02 Å². The molecular formula is C13H16ClN3O4. The molecule has 0 radical (unpaired) electrons. The number of carbonyl (C=O) groups excluding carboxylic acids is 1. The van der Waals surface area contributed by atoms with Crippen molar-refractivity contribution >= 4 is 23.2 Å². The van der Waals surface area contributed by atoms with Gasteiger partial charge in [-0.2, -0.15) is 0 Å². The lowest BCUT2D eigenvalue weighted by atomic mass is 9.97. The van der Waals surface area contributed by atoms with E-state index in [1.165, 1.54) is 18.2 Å². The minimum atomic E-state index is -0.821. The van der Waals surface area contributed by atoms with Crippen LogP contribution in [-0.2, 0) is 4.79 Å². The summed E-state index contributed by atoms with van der Waals surface area (Å²) in [7, 11) is 1.66. The Balaban J connectivity index is 2.19. The van der Waals surface area contributed by atoms with Crippen LogP contribution in [0.4, 0.5) is 5.69 Å². The van der Waals surface area contributed by atoms with Gasteiger partial charge in [-0.15, -0.1) is 0 Å². The van der Waals surface area contributed by atoms with Gasteiger partial charge in [-0.05, 0) is 26.0 Å². The monoisotopic (exact) mass is 313 g/mol. The highest BCUT2D eigenvalue weighted by Gasteiger charge is 2.44. The zero-order valence-corrected chi connectivity index (χ0v) is 12.2. The van der Waals surface area contributed by atoms with Crippen molar-refractivity contribution in [3.05, 3.63) is 33.3 Å². The van der Waals surface area contributed by atoms with E-state index in [1.54, 1.807) is 7.05 Å². The Bertz CT molecular complexity index is 581. The van der Waals surface area contributed by atoms with Crippen LogP contribution in [0.1, 0.15) is 19.3 Å². The quantitative estimate of drug-likeness (QED) is 0.634. The van der Waals surface area contributed by atoms with Crippen molar-refractivity contribution in [1.29, 1.82) is 0 Å². The topological polar surface area (TPSA) is 107 Å². The zero-order valence-electron chi connectivity index (χ0n) is 11.5. The number of nitro groups is 1. The molecule has 3 N–H and O–H groups in total. The molecule has 1 amide bonds. The number of hydrogen-bond acceptors (Lipinski definition) is 5. The third kappa shape index (κ3) is 3.08. The Labute approximate surface area is 126 Å². The summed E-state index contributed by atoms with van der Waals surface area (Å²) in [6.07, 6.45) is 1.13. The van der Waals surface area contributed by atoms with Crippen molar-refractivity contribution in [1.82, 2.24) is 5.32 Å². The first kappa shape index (κ1) is 15.5. The van der Waals surface area contributed by atoms with Gasteiger partial charge in [0, 0.05) is 23.6 Å². The van der Waals surface area contributed by atoms with Gasteiger partial charge < -0.3 is 15.8 Å². The molecule has 1 aromatic carbocycles. The number of nitrogens with one attached hydrogen (secondary N) is 1. The molecule has 1 aliphatic rings. The SMILES string of the molecule is CNC1(C(N)=O)CCC(Oc2cc(Cl)ccc2[N+](=O)[O-])C1. The van der Waals surface area contributed by atoms with Crippen LogP contribution in [-0.4, -0.2) is 29.5 Å². The average Bonchev–Trinajstić information content (AvgIpc) is 2.83. The van der Waals surface area contributed by atoms with Crippen LogP contribution in [0.15, 0.2) is 18.2 Å². The normalized spacial score (nSPS) is 24.8. The fourth-order valence-electron chi connectivity index (χ4n) is 2.59. The van der Waals surface area contributed by atoms with E-state index >= 15 is 0 Å². The van der Waals surface area contributed by atoms with Crippen LogP contribution in [0.25, 0.3) is 0 Å².